The minimum absolute atomic E-state index is 0.141. The van der Waals surface area contributed by atoms with Crippen molar-refractivity contribution >= 4 is 43.2 Å². The second kappa shape index (κ2) is 10.9. The molecular formula is C22H28ClN3O6S2. The molecule has 12 heteroatoms. The maximum Gasteiger partial charge on any atom is 0.252 e. The second-order valence-corrected chi connectivity index (χ2v) is 12.3. The standard InChI is InChI=1S/C22H28ClN3O6S2/c1-25(33(2,28)29)17-6-11-21(23)20(16-17)22(27)24-12-15-32-18-7-9-19(10-8-18)34(30,31)26-13-4-3-5-14-26/h6-11,16H,3-5,12-15H2,1-2H3,(H,24,27). The number of sulfonamides is 2. The number of carbonyl (C=O) groups excluding carboxylic acids is 1. The van der Waals surface area contributed by atoms with Crippen molar-refractivity contribution in [2.45, 2.75) is 24.2 Å². The lowest BCUT2D eigenvalue weighted by Gasteiger charge is -2.25. The van der Waals surface area contributed by atoms with E-state index >= 15 is 0 Å². The molecule has 0 aromatic heterocycles. The average molecular weight is 530 g/mol. The lowest BCUT2D eigenvalue weighted by Crippen LogP contribution is -2.35. The lowest BCUT2D eigenvalue weighted by atomic mass is 10.2. The molecule has 3 rings (SSSR count). The van der Waals surface area contributed by atoms with E-state index in [-0.39, 0.29) is 28.6 Å². The number of halogens is 1. The summed E-state index contributed by atoms with van der Waals surface area (Å²) >= 11 is 6.11. The van der Waals surface area contributed by atoms with Gasteiger partial charge in [0.25, 0.3) is 5.91 Å². The second-order valence-electron chi connectivity index (χ2n) is 7.94. The lowest BCUT2D eigenvalue weighted by molar-refractivity contribution is 0.0947. The normalized spacial score (nSPS) is 15.0. The Balaban J connectivity index is 1.54. The Hall–Kier alpha value is -2.34. The van der Waals surface area contributed by atoms with E-state index < -0.39 is 26.0 Å². The van der Waals surface area contributed by atoms with E-state index in [0.29, 0.717) is 24.5 Å². The van der Waals surface area contributed by atoms with E-state index in [1.165, 1.54) is 41.7 Å². The Bertz CT molecular complexity index is 1230. The number of amides is 1. The van der Waals surface area contributed by atoms with E-state index in [0.717, 1.165) is 29.8 Å². The molecule has 34 heavy (non-hydrogen) atoms. The molecule has 1 amide bonds. The van der Waals surface area contributed by atoms with Crippen LogP contribution in [0.25, 0.3) is 0 Å². The van der Waals surface area contributed by atoms with Gasteiger partial charge in [-0.25, -0.2) is 16.8 Å². The summed E-state index contributed by atoms with van der Waals surface area (Å²) in [7, 11) is -5.60. The van der Waals surface area contributed by atoms with E-state index in [1.54, 1.807) is 12.1 Å². The predicted molar refractivity (Wildman–Crippen MR) is 132 cm³/mol. The number of anilines is 1. The highest BCUT2D eigenvalue weighted by Gasteiger charge is 2.25. The highest BCUT2D eigenvalue weighted by Crippen LogP contribution is 2.24. The molecule has 2 aromatic rings. The molecule has 1 aliphatic heterocycles. The minimum Gasteiger partial charge on any atom is -0.492 e. The van der Waals surface area contributed by atoms with Crippen molar-refractivity contribution in [3.63, 3.8) is 0 Å². The molecule has 0 radical (unpaired) electrons. The summed E-state index contributed by atoms with van der Waals surface area (Å²) in [5.41, 5.74) is 0.454. The number of carbonyl (C=O) groups is 1. The number of nitrogens with zero attached hydrogens (tertiary/aromatic N) is 2. The first kappa shape index (κ1) is 26.3. The molecule has 1 aliphatic rings. The van der Waals surface area contributed by atoms with Crippen molar-refractivity contribution in [1.29, 1.82) is 0 Å². The van der Waals surface area contributed by atoms with Crippen LogP contribution in [-0.4, -0.2) is 66.6 Å². The van der Waals surface area contributed by atoms with Crippen molar-refractivity contribution in [2.75, 3.05) is 43.8 Å². The average Bonchev–Trinajstić information content (AvgIpc) is 2.82. The number of hydrogen-bond donors (Lipinski definition) is 1. The molecule has 186 valence electrons. The molecule has 0 bridgehead atoms. The highest BCUT2D eigenvalue weighted by atomic mass is 35.5. The van der Waals surface area contributed by atoms with Crippen LogP contribution in [0.2, 0.25) is 5.02 Å². The summed E-state index contributed by atoms with van der Waals surface area (Å²) in [6.45, 7) is 1.38. The third-order valence-electron chi connectivity index (χ3n) is 5.49. The molecule has 0 saturated carbocycles. The van der Waals surface area contributed by atoms with Crippen LogP contribution in [0.1, 0.15) is 29.6 Å². The van der Waals surface area contributed by atoms with Gasteiger partial charge in [-0.05, 0) is 55.3 Å². The third-order valence-corrected chi connectivity index (χ3v) is 8.94. The first-order chi connectivity index (χ1) is 16.0. The maximum absolute atomic E-state index is 12.7. The van der Waals surface area contributed by atoms with Crippen LogP contribution >= 0.6 is 11.6 Å². The van der Waals surface area contributed by atoms with Crippen molar-refractivity contribution in [2.24, 2.45) is 0 Å². The van der Waals surface area contributed by atoms with Gasteiger partial charge in [0, 0.05) is 20.1 Å². The third kappa shape index (κ3) is 6.41. The van der Waals surface area contributed by atoms with Crippen LogP contribution in [0.5, 0.6) is 5.75 Å². The first-order valence-corrected chi connectivity index (χ1v) is 14.4. The molecular weight excluding hydrogens is 502 g/mol. The molecule has 1 N–H and O–H groups in total. The number of nitrogens with one attached hydrogen (secondary N) is 1. The van der Waals surface area contributed by atoms with Gasteiger partial charge in [0.15, 0.2) is 0 Å². The van der Waals surface area contributed by atoms with E-state index in [1.807, 2.05) is 0 Å². The molecule has 9 nitrogen and oxygen atoms in total. The summed E-state index contributed by atoms with van der Waals surface area (Å²) in [5, 5.41) is 2.86. The van der Waals surface area contributed by atoms with Crippen molar-refractivity contribution in [1.82, 2.24) is 9.62 Å². The van der Waals surface area contributed by atoms with Gasteiger partial charge in [0.05, 0.1) is 34.0 Å². The molecule has 0 atom stereocenters. The van der Waals surface area contributed by atoms with Crippen LogP contribution in [0, 0.1) is 0 Å². The fourth-order valence-electron chi connectivity index (χ4n) is 3.47. The summed E-state index contributed by atoms with van der Waals surface area (Å²) in [5.74, 6) is 0.00183. The SMILES string of the molecule is CN(c1ccc(Cl)c(C(=O)NCCOc2ccc(S(=O)(=O)N3CCCCC3)cc2)c1)S(C)(=O)=O. The Morgan fingerprint density at radius 1 is 1.06 bits per heavy atom. The fraction of sp³-hybridized carbons (Fsp3) is 0.409. The molecule has 1 fully saturated rings. The van der Waals surface area contributed by atoms with Gasteiger partial charge >= 0.3 is 0 Å². The highest BCUT2D eigenvalue weighted by molar-refractivity contribution is 7.92. The van der Waals surface area contributed by atoms with E-state index in [4.69, 9.17) is 16.3 Å². The topological polar surface area (TPSA) is 113 Å². The maximum atomic E-state index is 12.7. The van der Waals surface area contributed by atoms with Gasteiger partial charge in [0.2, 0.25) is 20.0 Å². The van der Waals surface area contributed by atoms with Crippen LogP contribution in [0.15, 0.2) is 47.4 Å². The number of benzene rings is 2. The summed E-state index contributed by atoms with van der Waals surface area (Å²) < 4.78 is 57.1. The summed E-state index contributed by atoms with van der Waals surface area (Å²) in [6.07, 6.45) is 3.85. The monoisotopic (exact) mass is 529 g/mol. The molecule has 0 aliphatic carbocycles. The number of ether oxygens (including phenoxy) is 1. The molecule has 2 aromatic carbocycles. The minimum atomic E-state index is -3.50. The summed E-state index contributed by atoms with van der Waals surface area (Å²) in [6, 6.07) is 10.6. The van der Waals surface area contributed by atoms with Gasteiger partial charge in [0.1, 0.15) is 12.4 Å². The van der Waals surface area contributed by atoms with Crippen molar-refractivity contribution < 1.29 is 26.4 Å². The summed E-state index contributed by atoms with van der Waals surface area (Å²) in [4.78, 5) is 12.7. The van der Waals surface area contributed by atoms with Gasteiger partial charge < -0.3 is 10.1 Å². The Morgan fingerprint density at radius 2 is 1.71 bits per heavy atom. The van der Waals surface area contributed by atoms with Crippen LogP contribution < -0.4 is 14.4 Å². The van der Waals surface area contributed by atoms with Crippen molar-refractivity contribution in [3.05, 3.63) is 53.1 Å². The molecule has 0 spiro atoms. The van der Waals surface area contributed by atoms with Gasteiger partial charge in [-0.1, -0.05) is 18.0 Å². The van der Waals surface area contributed by atoms with Crippen molar-refractivity contribution in [3.8, 4) is 5.75 Å². The van der Waals surface area contributed by atoms with Gasteiger partial charge in [-0.3, -0.25) is 9.10 Å². The number of piperidine rings is 1. The molecule has 0 unspecified atom stereocenters. The largest absolute Gasteiger partial charge is 0.492 e. The zero-order valence-electron chi connectivity index (χ0n) is 19.0. The van der Waals surface area contributed by atoms with Crippen LogP contribution in [0.3, 0.4) is 0 Å². The smallest absolute Gasteiger partial charge is 0.252 e. The quantitative estimate of drug-likeness (QED) is 0.500. The zero-order chi connectivity index (χ0) is 24.9. The van der Waals surface area contributed by atoms with Crippen LogP contribution in [0.4, 0.5) is 5.69 Å². The Morgan fingerprint density at radius 3 is 2.32 bits per heavy atom. The Labute approximate surface area is 205 Å². The van der Waals surface area contributed by atoms with Gasteiger partial charge in [-0.15, -0.1) is 0 Å². The number of hydrogen-bond acceptors (Lipinski definition) is 6. The first-order valence-electron chi connectivity index (χ1n) is 10.7. The zero-order valence-corrected chi connectivity index (χ0v) is 21.4. The van der Waals surface area contributed by atoms with Gasteiger partial charge in [-0.2, -0.15) is 4.31 Å². The van der Waals surface area contributed by atoms with E-state index in [9.17, 15) is 21.6 Å². The van der Waals surface area contributed by atoms with E-state index in [2.05, 4.69) is 5.32 Å². The number of rotatable bonds is 9. The Kier molecular flexibility index (Phi) is 8.45. The van der Waals surface area contributed by atoms with Crippen LogP contribution in [-0.2, 0) is 20.0 Å². The molecule has 1 heterocycles. The fourth-order valence-corrected chi connectivity index (χ4v) is 5.68. The predicted octanol–water partition coefficient (Wildman–Crippen LogP) is 2.72. The molecule has 1 saturated heterocycles.